The van der Waals surface area contributed by atoms with Crippen molar-refractivity contribution in [2.24, 2.45) is 0 Å². The molecule has 0 fully saturated rings. The highest BCUT2D eigenvalue weighted by atomic mass is 35.5. The van der Waals surface area contributed by atoms with Gasteiger partial charge in [0.2, 0.25) is 0 Å². The normalized spacial score (nSPS) is 13.2. The first kappa shape index (κ1) is 15.8. The number of alkyl halides is 3. The zero-order chi connectivity index (χ0) is 15.6. The summed E-state index contributed by atoms with van der Waals surface area (Å²) in [6.45, 7) is 0. The van der Waals surface area contributed by atoms with E-state index in [4.69, 9.17) is 11.6 Å². The van der Waals surface area contributed by atoms with Gasteiger partial charge in [0, 0.05) is 5.02 Å². The summed E-state index contributed by atoms with van der Waals surface area (Å²) in [5, 5.41) is 3.38. The van der Waals surface area contributed by atoms with Crippen LogP contribution >= 0.6 is 11.6 Å². The molecule has 0 heterocycles. The Morgan fingerprint density at radius 3 is 2.29 bits per heavy atom. The summed E-state index contributed by atoms with van der Waals surface area (Å²) >= 11 is 6.08. The molecule has 2 aromatic rings. The summed E-state index contributed by atoms with van der Waals surface area (Å²) in [7, 11) is 1.63. The lowest BCUT2D eigenvalue weighted by atomic mass is 9.97. The Hall–Kier alpha value is -1.59. The Morgan fingerprint density at radius 1 is 1.10 bits per heavy atom. The van der Waals surface area contributed by atoms with E-state index in [1.165, 1.54) is 6.07 Å². The molecule has 2 rings (SSSR count). The average molecular weight is 318 g/mol. The number of halogens is 5. The predicted molar refractivity (Wildman–Crippen MR) is 73.8 cm³/mol. The van der Waals surface area contributed by atoms with Gasteiger partial charge in [0.05, 0.1) is 11.6 Å². The number of hydrogen-bond acceptors (Lipinski definition) is 1. The fourth-order valence-electron chi connectivity index (χ4n) is 2.15. The van der Waals surface area contributed by atoms with Gasteiger partial charge in [-0.1, -0.05) is 35.9 Å². The largest absolute Gasteiger partial charge is 0.419 e. The van der Waals surface area contributed by atoms with Crippen molar-refractivity contribution in [3.05, 3.63) is 70.0 Å². The van der Waals surface area contributed by atoms with E-state index in [0.29, 0.717) is 16.1 Å². The molecule has 1 unspecified atom stereocenters. The van der Waals surface area contributed by atoms with E-state index in [0.717, 1.165) is 12.1 Å². The molecule has 0 saturated carbocycles. The Bertz CT molecular complexity index is 640. The minimum absolute atomic E-state index is 0.371. The average Bonchev–Trinajstić information content (AvgIpc) is 2.40. The van der Waals surface area contributed by atoms with Crippen LogP contribution in [0.5, 0.6) is 0 Å². The third-order valence-electron chi connectivity index (χ3n) is 3.14. The maximum absolute atomic E-state index is 13.7. The molecular formula is C15H12ClF4N. The van der Waals surface area contributed by atoms with Crippen molar-refractivity contribution < 1.29 is 17.6 Å². The van der Waals surface area contributed by atoms with Crippen molar-refractivity contribution in [2.45, 2.75) is 12.2 Å². The maximum Gasteiger partial charge on any atom is 0.419 e. The topological polar surface area (TPSA) is 12.0 Å². The van der Waals surface area contributed by atoms with E-state index in [1.807, 2.05) is 0 Å². The van der Waals surface area contributed by atoms with E-state index in [1.54, 1.807) is 31.3 Å². The molecular weight excluding hydrogens is 306 g/mol. The molecule has 2 aromatic carbocycles. The first-order chi connectivity index (χ1) is 9.84. The highest BCUT2D eigenvalue weighted by Crippen LogP contribution is 2.34. The van der Waals surface area contributed by atoms with Gasteiger partial charge in [-0.3, -0.25) is 0 Å². The van der Waals surface area contributed by atoms with Crippen LogP contribution in [-0.2, 0) is 6.18 Å². The summed E-state index contributed by atoms with van der Waals surface area (Å²) < 4.78 is 51.4. The Morgan fingerprint density at radius 2 is 1.76 bits per heavy atom. The molecule has 6 heteroatoms. The molecule has 0 spiro atoms. The molecule has 1 nitrogen and oxygen atoms in total. The van der Waals surface area contributed by atoms with Gasteiger partial charge in [0.1, 0.15) is 5.82 Å². The molecule has 0 aliphatic heterocycles. The Labute approximate surface area is 124 Å². The van der Waals surface area contributed by atoms with Crippen molar-refractivity contribution in [2.75, 3.05) is 7.05 Å². The van der Waals surface area contributed by atoms with Crippen LogP contribution in [0.4, 0.5) is 17.6 Å². The third kappa shape index (κ3) is 3.36. The fraction of sp³-hybridized carbons (Fsp3) is 0.200. The molecule has 0 bridgehead atoms. The quantitative estimate of drug-likeness (QED) is 0.801. The van der Waals surface area contributed by atoms with Gasteiger partial charge in [-0.2, -0.15) is 13.2 Å². The van der Waals surface area contributed by atoms with Gasteiger partial charge >= 0.3 is 6.18 Å². The van der Waals surface area contributed by atoms with E-state index >= 15 is 0 Å². The standard InChI is InChI=1S/C15H12ClF4N/c1-21-14(10-4-2-3-5-12(10)16)9-6-7-11(13(17)8-9)15(18,19)20/h2-8,14,21H,1H3. The summed E-state index contributed by atoms with van der Waals surface area (Å²) in [5.74, 6) is -1.30. The lowest BCUT2D eigenvalue weighted by molar-refractivity contribution is -0.140. The van der Waals surface area contributed by atoms with Crippen LogP contribution < -0.4 is 5.32 Å². The summed E-state index contributed by atoms with van der Waals surface area (Å²) in [5.41, 5.74) is -0.239. The summed E-state index contributed by atoms with van der Waals surface area (Å²) in [6, 6.07) is 9.28. The van der Waals surface area contributed by atoms with E-state index in [-0.39, 0.29) is 0 Å². The van der Waals surface area contributed by atoms with Crippen molar-refractivity contribution >= 4 is 11.6 Å². The number of rotatable bonds is 3. The van der Waals surface area contributed by atoms with Crippen LogP contribution in [0, 0.1) is 5.82 Å². The second-order valence-electron chi connectivity index (χ2n) is 4.48. The zero-order valence-corrected chi connectivity index (χ0v) is 11.8. The molecule has 0 saturated heterocycles. The van der Waals surface area contributed by atoms with Crippen LogP contribution in [0.3, 0.4) is 0 Å². The van der Waals surface area contributed by atoms with Gasteiger partial charge in [-0.25, -0.2) is 4.39 Å². The Kier molecular flexibility index (Phi) is 4.54. The molecule has 0 aliphatic rings. The molecule has 0 aromatic heterocycles. The van der Waals surface area contributed by atoms with Gasteiger partial charge in [0.25, 0.3) is 0 Å². The van der Waals surface area contributed by atoms with E-state index in [9.17, 15) is 17.6 Å². The van der Waals surface area contributed by atoms with Crippen molar-refractivity contribution in [1.29, 1.82) is 0 Å². The second-order valence-corrected chi connectivity index (χ2v) is 4.89. The van der Waals surface area contributed by atoms with E-state index < -0.39 is 23.6 Å². The lowest BCUT2D eigenvalue weighted by Crippen LogP contribution is -2.19. The van der Waals surface area contributed by atoms with Gasteiger partial charge in [0.15, 0.2) is 0 Å². The monoisotopic (exact) mass is 317 g/mol. The lowest BCUT2D eigenvalue weighted by Gasteiger charge is -2.19. The minimum atomic E-state index is -4.71. The highest BCUT2D eigenvalue weighted by Gasteiger charge is 2.34. The predicted octanol–water partition coefficient (Wildman–Crippen LogP) is 4.81. The van der Waals surface area contributed by atoms with Crippen LogP contribution in [0.1, 0.15) is 22.7 Å². The van der Waals surface area contributed by atoms with E-state index in [2.05, 4.69) is 5.32 Å². The van der Waals surface area contributed by atoms with Crippen LogP contribution in [0.2, 0.25) is 5.02 Å². The SMILES string of the molecule is CNC(c1ccc(C(F)(F)F)c(F)c1)c1ccccc1Cl. The molecule has 21 heavy (non-hydrogen) atoms. The number of nitrogens with one attached hydrogen (secondary N) is 1. The molecule has 1 atom stereocenters. The molecule has 0 radical (unpaired) electrons. The van der Waals surface area contributed by atoms with Crippen LogP contribution in [-0.4, -0.2) is 7.05 Å². The first-order valence-electron chi connectivity index (χ1n) is 6.13. The maximum atomic E-state index is 13.7. The minimum Gasteiger partial charge on any atom is -0.309 e. The molecule has 0 aliphatic carbocycles. The summed E-state index contributed by atoms with van der Waals surface area (Å²) in [4.78, 5) is 0. The molecule has 1 N–H and O–H groups in total. The molecule has 0 amide bonds. The zero-order valence-electron chi connectivity index (χ0n) is 11.0. The number of benzene rings is 2. The highest BCUT2D eigenvalue weighted by molar-refractivity contribution is 6.31. The number of hydrogen-bond donors (Lipinski definition) is 1. The smallest absolute Gasteiger partial charge is 0.309 e. The second kappa shape index (κ2) is 6.03. The van der Waals surface area contributed by atoms with Crippen molar-refractivity contribution in [3.8, 4) is 0 Å². The van der Waals surface area contributed by atoms with Gasteiger partial charge in [-0.15, -0.1) is 0 Å². The third-order valence-corrected chi connectivity index (χ3v) is 3.48. The fourth-order valence-corrected chi connectivity index (χ4v) is 2.40. The van der Waals surface area contributed by atoms with Gasteiger partial charge < -0.3 is 5.32 Å². The van der Waals surface area contributed by atoms with Crippen molar-refractivity contribution in [1.82, 2.24) is 5.32 Å². The Balaban J connectivity index is 2.45. The first-order valence-corrected chi connectivity index (χ1v) is 6.50. The van der Waals surface area contributed by atoms with Gasteiger partial charge in [-0.05, 0) is 36.4 Å². The summed E-state index contributed by atoms with van der Waals surface area (Å²) in [6.07, 6.45) is -4.71. The van der Waals surface area contributed by atoms with Crippen LogP contribution in [0.15, 0.2) is 42.5 Å². The molecule has 112 valence electrons. The van der Waals surface area contributed by atoms with Crippen molar-refractivity contribution in [3.63, 3.8) is 0 Å². The van der Waals surface area contributed by atoms with Crippen LogP contribution in [0.25, 0.3) is 0 Å².